The van der Waals surface area contributed by atoms with Gasteiger partial charge in [-0.1, -0.05) is 18.2 Å². The first-order valence-electron chi connectivity index (χ1n) is 9.75. The number of para-hydroxylation sites is 1. The molecule has 0 unspecified atom stereocenters. The molecule has 0 bridgehead atoms. The zero-order chi connectivity index (χ0) is 19.8. The Morgan fingerprint density at radius 2 is 1.96 bits per heavy atom. The average Bonchev–Trinajstić information content (AvgIpc) is 2.73. The number of hydrogen-bond acceptors (Lipinski definition) is 6. The number of carbonyl (C=O) groups excluding carboxylic acids is 1. The lowest BCUT2D eigenvalue weighted by atomic mass is 9.96. The number of aryl methyl sites for hydroxylation is 1. The standard InChI is InChI=1S/C21H28N4O3/c1-16-6-3-4-7-18(16)28-21-19(22-11-12-24-21)25-13-8-17(9-14-25)20(26)23-10-5-15-27-2/h3-4,6-7,11-12,17H,5,8-10,13-15H2,1-2H3,(H,23,26). The molecule has 0 saturated carbocycles. The maximum absolute atomic E-state index is 12.3. The van der Waals surface area contributed by atoms with Gasteiger partial charge in [-0.05, 0) is 37.8 Å². The summed E-state index contributed by atoms with van der Waals surface area (Å²) >= 11 is 0. The topological polar surface area (TPSA) is 76.6 Å². The zero-order valence-electron chi connectivity index (χ0n) is 16.6. The third kappa shape index (κ3) is 5.19. The van der Waals surface area contributed by atoms with Crippen molar-refractivity contribution >= 4 is 11.7 Å². The lowest BCUT2D eigenvalue weighted by molar-refractivity contribution is -0.125. The number of rotatable bonds is 8. The molecule has 1 aliphatic heterocycles. The van der Waals surface area contributed by atoms with Crippen LogP contribution in [-0.2, 0) is 9.53 Å². The Bertz CT molecular complexity index is 776. The molecule has 0 aliphatic carbocycles. The maximum atomic E-state index is 12.3. The van der Waals surface area contributed by atoms with E-state index in [1.807, 2.05) is 31.2 Å². The molecule has 1 aromatic heterocycles. The van der Waals surface area contributed by atoms with Crippen molar-refractivity contribution in [2.24, 2.45) is 5.92 Å². The summed E-state index contributed by atoms with van der Waals surface area (Å²) in [5.41, 5.74) is 1.04. The predicted octanol–water partition coefficient (Wildman–Crippen LogP) is 2.95. The quantitative estimate of drug-likeness (QED) is 0.705. The number of piperidine rings is 1. The van der Waals surface area contributed by atoms with E-state index in [4.69, 9.17) is 9.47 Å². The molecule has 0 atom stereocenters. The Morgan fingerprint density at radius 3 is 2.71 bits per heavy atom. The molecule has 1 fully saturated rings. The molecule has 1 N–H and O–H groups in total. The van der Waals surface area contributed by atoms with E-state index >= 15 is 0 Å². The van der Waals surface area contributed by atoms with Gasteiger partial charge in [-0.2, -0.15) is 0 Å². The van der Waals surface area contributed by atoms with E-state index in [1.165, 1.54) is 0 Å². The van der Waals surface area contributed by atoms with Crippen molar-refractivity contribution in [3.05, 3.63) is 42.2 Å². The molecule has 1 aliphatic rings. The van der Waals surface area contributed by atoms with E-state index in [0.717, 1.165) is 49.5 Å². The van der Waals surface area contributed by atoms with Crippen LogP contribution in [0.25, 0.3) is 0 Å². The highest BCUT2D eigenvalue weighted by Gasteiger charge is 2.27. The fourth-order valence-corrected chi connectivity index (χ4v) is 3.31. The van der Waals surface area contributed by atoms with Crippen LogP contribution in [0.5, 0.6) is 11.6 Å². The molecule has 28 heavy (non-hydrogen) atoms. The number of benzene rings is 1. The summed E-state index contributed by atoms with van der Waals surface area (Å²) < 4.78 is 11.0. The van der Waals surface area contributed by atoms with Crippen molar-refractivity contribution in [1.29, 1.82) is 0 Å². The summed E-state index contributed by atoms with van der Waals surface area (Å²) in [5, 5.41) is 3.00. The highest BCUT2D eigenvalue weighted by molar-refractivity contribution is 5.79. The van der Waals surface area contributed by atoms with Crippen molar-refractivity contribution in [2.45, 2.75) is 26.2 Å². The molecule has 0 spiro atoms. The molecule has 7 nitrogen and oxygen atoms in total. The van der Waals surface area contributed by atoms with Crippen molar-refractivity contribution in [2.75, 3.05) is 38.3 Å². The molecule has 1 amide bonds. The van der Waals surface area contributed by atoms with Gasteiger partial charge < -0.3 is 19.7 Å². The number of amides is 1. The van der Waals surface area contributed by atoms with E-state index in [2.05, 4.69) is 20.2 Å². The summed E-state index contributed by atoms with van der Waals surface area (Å²) in [7, 11) is 1.67. The van der Waals surface area contributed by atoms with Crippen LogP contribution in [0.2, 0.25) is 0 Å². The predicted molar refractivity (Wildman–Crippen MR) is 108 cm³/mol. The fraction of sp³-hybridized carbons (Fsp3) is 0.476. The van der Waals surface area contributed by atoms with Gasteiger partial charge in [0.15, 0.2) is 5.82 Å². The number of aromatic nitrogens is 2. The Morgan fingerprint density at radius 1 is 1.21 bits per heavy atom. The van der Waals surface area contributed by atoms with Gasteiger partial charge in [0.2, 0.25) is 5.91 Å². The molecule has 0 radical (unpaired) electrons. The van der Waals surface area contributed by atoms with Gasteiger partial charge in [0.25, 0.3) is 5.88 Å². The Hall–Kier alpha value is -2.67. The van der Waals surface area contributed by atoms with E-state index in [0.29, 0.717) is 19.0 Å². The van der Waals surface area contributed by atoms with Gasteiger partial charge in [-0.25, -0.2) is 9.97 Å². The number of ether oxygens (including phenoxy) is 2. The Labute approximate surface area is 166 Å². The molecule has 1 saturated heterocycles. The van der Waals surface area contributed by atoms with E-state index in [1.54, 1.807) is 19.5 Å². The number of methoxy groups -OCH3 is 1. The van der Waals surface area contributed by atoms with Crippen LogP contribution in [0, 0.1) is 12.8 Å². The second-order valence-corrected chi connectivity index (χ2v) is 6.95. The normalized spacial score (nSPS) is 14.7. The fourth-order valence-electron chi connectivity index (χ4n) is 3.31. The molecule has 150 valence electrons. The summed E-state index contributed by atoms with van der Waals surface area (Å²) in [6, 6.07) is 7.84. The molecular weight excluding hydrogens is 356 g/mol. The number of nitrogens with one attached hydrogen (secondary N) is 1. The SMILES string of the molecule is COCCCNC(=O)C1CCN(c2nccnc2Oc2ccccc2C)CC1. The molecule has 3 rings (SSSR count). The van der Waals surface area contributed by atoms with Gasteiger partial charge in [0.1, 0.15) is 5.75 Å². The highest BCUT2D eigenvalue weighted by Crippen LogP contribution is 2.32. The van der Waals surface area contributed by atoms with Crippen molar-refractivity contribution in [3.8, 4) is 11.6 Å². The molecule has 7 heteroatoms. The minimum atomic E-state index is 0.0382. The maximum Gasteiger partial charge on any atom is 0.263 e. The summed E-state index contributed by atoms with van der Waals surface area (Å²) in [6.45, 7) is 4.82. The van der Waals surface area contributed by atoms with Crippen LogP contribution in [0.1, 0.15) is 24.8 Å². The number of hydrogen-bond donors (Lipinski definition) is 1. The first-order valence-corrected chi connectivity index (χ1v) is 9.75. The van der Waals surface area contributed by atoms with Crippen LogP contribution in [-0.4, -0.2) is 49.2 Å². The van der Waals surface area contributed by atoms with E-state index in [-0.39, 0.29) is 11.8 Å². The van der Waals surface area contributed by atoms with Gasteiger partial charge >= 0.3 is 0 Å². The number of anilines is 1. The minimum Gasteiger partial charge on any atom is -0.436 e. The highest BCUT2D eigenvalue weighted by atomic mass is 16.5. The third-order valence-electron chi connectivity index (χ3n) is 4.94. The second kappa shape index (κ2) is 10.0. The molecule has 2 heterocycles. The van der Waals surface area contributed by atoms with E-state index < -0.39 is 0 Å². The first kappa shape index (κ1) is 20.1. The number of nitrogens with zero attached hydrogens (tertiary/aromatic N) is 3. The lowest BCUT2D eigenvalue weighted by Crippen LogP contribution is -2.41. The molecule has 1 aromatic carbocycles. The largest absolute Gasteiger partial charge is 0.436 e. The van der Waals surface area contributed by atoms with Crippen LogP contribution < -0.4 is 15.0 Å². The third-order valence-corrected chi connectivity index (χ3v) is 4.94. The van der Waals surface area contributed by atoms with Gasteiger partial charge in [0, 0.05) is 51.7 Å². The second-order valence-electron chi connectivity index (χ2n) is 6.95. The van der Waals surface area contributed by atoms with Crippen molar-refractivity contribution in [1.82, 2.24) is 15.3 Å². The van der Waals surface area contributed by atoms with Crippen LogP contribution >= 0.6 is 0 Å². The smallest absolute Gasteiger partial charge is 0.263 e. The van der Waals surface area contributed by atoms with E-state index in [9.17, 15) is 4.79 Å². The first-order chi connectivity index (χ1) is 13.7. The zero-order valence-corrected chi connectivity index (χ0v) is 16.6. The van der Waals surface area contributed by atoms with Gasteiger partial charge in [-0.15, -0.1) is 0 Å². The summed E-state index contributed by atoms with van der Waals surface area (Å²) in [6.07, 6.45) is 5.72. The monoisotopic (exact) mass is 384 g/mol. The number of carbonyl (C=O) groups is 1. The Balaban J connectivity index is 1.59. The molecule has 2 aromatic rings. The van der Waals surface area contributed by atoms with Gasteiger partial charge in [-0.3, -0.25) is 4.79 Å². The van der Waals surface area contributed by atoms with Crippen LogP contribution in [0.4, 0.5) is 5.82 Å². The lowest BCUT2D eigenvalue weighted by Gasteiger charge is -2.32. The minimum absolute atomic E-state index is 0.0382. The summed E-state index contributed by atoms with van der Waals surface area (Å²) in [4.78, 5) is 23.4. The average molecular weight is 384 g/mol. The van der Waals surface area contributed by atoms with Crippen LogP contribution in [0.3, 0.4) is 0 Å². The van der Waals surface area contributed by atoms with Gasteiger partial charge in [0.05, 0.1) is 0 Å². The van der Waals surface area contributed by atoms with Crippen molar-refractivity contribution < 1.29 is 14.3 Å². The summed E-state index contributed by atoms with van der Waals surface area (Å²) in [5.74, 6) is 2.17. The van der Waals surface area contributed by atoms with Crippen LogP contribution in [0.15, 0.2) is 36.7 Å². The van der Waals surface area contributed by atoms with Crippen molar-refractivity contribution in [3.63, 3.8) is 0 Å². The Kier molecular flexibility index (Phi) is 7.19. The molecular formula is C21H28N4O3.